The second kappa shape index (κ2) is 9.53. The molecule has 0 aliphatic carbocycles. The Labute approximate surface area is 176 Å². The second-order valence-corrected chi connectivity index (χ2v) is 8.28. The van der Waals surface area contributed by atoms with Crippen LogP contribution in [-0.2, 0) is 11.3 Å². The topological polar surface area (TPSA) is 41.6 Å². The van der Waals surface area contributed by atoms with E-state index in [2.05, 4.69) is 54.2 Å². The molecule has 1 fully saturated rings. The highest BCUT2D eigenvalue weighted by Gasteiger charge is 2.11. The highest BCUT2D eigenvalue weighted by Crippen LogP contribution is 2.33. The molecule has 142 valence electrons. The average molecular weight is 494 g/mol. The molecule has 27 heavy (non-hydrogen) atoms. The lowest BCUT2D eigenvalue weighted by atomic mass is 10.1. The van der Waals surface area contributed by atoms with Crippen molar-refractivity contribution < 1.29 is 9.53 Å². The van der Waals surface area contributed by atoms with Crippen molar-refractivity contribution in [2.45, 2.75) is 19.4 Å². The summed E-state index contributed by atoms with van der Waals surface area (Å²) in [6.07, 6.45) is 5.83. The Bertz CT molecular complexity index is 829. The van der Waals surface area contributed by atoms with Crippen LogP contribution in [0.2, 0.25) is 0 Å². The van der Waals surface area contributed by atoms with E-state index in [1.54, 1.807) is 13.2 Å². The molecule has 1 aliphatic rings. The number of amides is 1. The maximum Gasteiger partial charge on any atom is 0.248 e. The van der Waals surface area contributed by atoms with E-state index in [1.165, 1.54) is 37.6 Å². The van der Waals surface area contributed by atoms with Gasteiger partial charge in [0.1, 0.15) is 5.75 Å². The monoisotopic (exact) mass is 492 g/mol. The number of ether oxygens (including phenoxy) is 1. The Morgan fingerprint density at radius 3 is 2.56 bits per heavy atom. The number of hydrogen-bond donors (Lipinski definition) is 1. The van der Waals surface area contributed by atoms with Crippen LogP contribution in [0.3, 0.4) is 0 Å². The first kappa shape index (κ1) is 20.1. The number of benzene rings is 2. The molecule has 1 saturated heterocycles. The molecule has 0 atom stereocenters. The van der Waals surface area contributed by atoms with E-state index in [9.17, 15) is 4.79 Å². The van der Waals surface area contributed by atoms with Crippen molar-refractivity contribution in [3.05, 3.63) is 62.5 Å². The summed E-state index contributed by atoms with van der Waals surface area (Å²) in [5, 5.41) is 2.90. The normalized spacial score (nSPS) is 14.6. The number of nitrogens with one attached hydrogen (secondary N) is 1. The summed E-state index contributed by atoms with van der Waals surface area (Å²) in [6.45, 7) is 3.34. The third-order valence-electron chi connectivity index (χ3n) is 4.48. The molecule has 1 heterocycles. The summed E-state index contributed by atoms with van der Waals surface area (Å²) < 4.78 is 7.13. The quantitative estimate of drug-likeness (QED) is 0.542. The average Bonchev–Trinajstić information content (AvgIpc) is 3.14. The van der Waals surface area contributed by atoms with Crippen molar-refractivity contribution in [2.75, 3.05) is 25.5 Å². The maximum atomic E-state index is 12.2. The Balaban J connectivity index is 1.61. The molecule has 0 aromatic heterocycles. The Hall–Kier alpha value is -1.63. The SMILES string of the molecule is COc1c(Br)cc(Br)cc1/C=C/C(=O)Nc1ccc(CN2CCCC2)cc1. The first-order valence-electron chi connectivity index (χ1n) is 8.88. The molecule has 0 saturated carbocycles. The molecule has 3 rings (SSSR count). The smallest absolute Gasteiger partial charge is 0.248 e. The van der Waals surface area contributed by atoms with E-state index in [0.717, 1.165) is 26.7 Å². The number of carbonyl (C=O) groups excluding carboxylic acids is 1. The van der Waals surface area contributed by atoms with E-state index in [-0.39, 0.29) is 5.91 Å². The van der Waals surface area contributed by atoms with Gasteiger partial charge in [-0.25, -0.2) is 0 Å². The van der Waals surface area contributed by atoms with Crippen LogP contribution in [0.5, 0.6) is 5.75 Å². The van der Waals surface area contributed by atoms with E-state index in [1.807, 2.05) is 24.3 Å². The number of carbonyl (C=O) groups is 1. The lowest BCUT2D eigenvalue weighted by molar-refractivity contribution is -0.111. The molecule has 1 amide bonds. The molecule has 6 heteroatoms. The number of likely N-dealkylation sites (tertiary alicyclic amines) is 1. The zero-order valence-electron chi connectivity index (χ0n) is 15.2. The van der Waals surface area contributed by atoms with E-state index in [0.29, 0.717) is 5.75 Å². The summed E-state index contributed by atoms with van der Waals surface area (Å²) in [7, 11) is 1.61. The van der Waals surface area contributed by atoms with Crippen LogP contribution in [0, 0.1) is 0 Å². The summed E-state index contributed by atoms with van der Waals surface area (Å²) >= 11 is 6.92. The number of anilines is 1. The fourth-order valence-corrected chi connectivity index (χ4v) is 4.58. The zero-order valence-corrected chi connectivity index (χ0v) is 18.3. The Kier molecular flexibility index (Phi) is 7.10. The molecular formula is C21H22Br2N2O2. The minimum atomic E-state index is -0.180. The standard InChI is InChI=1S/C21H22Br2N2O2/c1-27-21-16(12-17(22)13-19(21)23)6-9-20(26)24-18-7-4-15(5-8-18)14-25-10-2-3-11-25/h4-9,12-13H,2-3,10-11,14H2,1H3,(H,24,26)/b9-6+. The molecule has 1 N–H and O–H groups in total. The van der Waals surface area contributed by atoms with Gasteiger partial charge in [-0.2, -0.15) is 0 Å². The molecule has 1 aliphatic heterocycles. The van der Waals surface area contributed by atoms with Crippen molar-refractivity contribution in [1.82, 2.24) is 4.90 Å². The molecule has 4 nitrogen and oxygen atoms in total. The molecule has 2 aromatic rings. The van der Waals surface area contributed by atoms with Crippen molar-refractivity contribution >= 4 is 49.5 Å². The minimum Gasteiger partial charge on any atom is -0.495 e. The van der Waals surface area contributed by atoms with Crippen molar-refractivity contribution in [3.8, 4) is 5.75 Å². The van der Waals surface area contributed by atoms with Gasteiger partial charge in [0.15, 0.2) is 0 Å². The van der Waals surface area contributed by atoms with E-state index >= 15 is 0 Å². The van der Waals surface area contributed by atoms with Gasteiger partial charge in [0, 0.05) is 28.3 Å². The Morgan fingerprint density at radius 1 is 1.19 bits per heavy atom. The van der Waals surface area contributed by atoms with Crippen LogP contribution in [0.15, 0.2) is 51.4 Å². The fourth-order valence-electron chi connectivity index (χ4n) is 3.16. The van der Waals surface area contributed by atoms with Gasteiger partial charge in [0.25, 0.3) is 0 Å². The van der Waals surface area contributed by atoms with Gasteiger partial charge in [-0.15, -0.1) is 0 Å². The lowest BCUT2D eigenvalue weighted by Gasteiger charge is -2.14. The largest absolute Gasteiger partial charge is 0.495 e. The first-order chi connectivity index (χ1) is 13.0. The van der Waals surface area contributed by atoms with Gasteiger partial charge in [0.2, 0.25) is 5.91 Å². The highest BCUT2D eigenvalue weighted by molar-refractivity contribution is 9.11. The van der Waals surface area contributed by atoms with Crippen LogP contribution in [0.1, 0.15) is 24.0 Å². The number of rotatable bonds is 6. The maximum absolute atomic E-state index is 12.2. The van der Waals surface area contributed by atoms with Crippen LogP contribution >= 0.6 is 31.9 Å². The van der Waals surface area contributed by atoms with Gasteiger partial charge in [-0.3, -0.25) is 9.69 Å². The second-order valence-electron chi connectivity index (χ2n) is 6.51. The molecule has 0 radical (unpaired) electrons. The predicted molar refractivity (Wildman–Crippen MR) is 117 cm³/mol. The van der Waals surface area contributed by atoms with Crippen molar-refractivity contribution in [2.24, 2.45) is 0 Å². The number of hydrogen-bond acceptors (Lipinski definition) is 3. The van der Waals surface area contributed by atoms with Gasteiger partial charge in [-0.05, 0) is 77.8 Å². The summed E-state index contributed by atoms with van der Waals surface area (Å²) in [5.41, 5.74) is 2.88. The van der Waals surface area contributed by atoms with Gasteiger partial charge < -0.3 is 10.1 Å². The van der Waals surface area contributed by atoms with E-state index < -0.39 is 0 Å². The van der Waals surface area contributed by atoms with Crippen molar-refractivity contribution in [3.63, 3.8) is 0 Å². The van der Waals surface area contributed by atoms with Gasteiger partial charge >= 0.3 is 0 Å². The zero-order chi connectivity index (χ0) is 19.2. The first-order valence-corrected chi connectivity index (χ1v) is 10.5. The van der Waals surface area contributed by atoms with E-state index in [4.69, 9.17) is 4.74 Å². The van der Waals surface area contributed by atoms with Gasteiger partial charge in [-0.1, -0.05) is 28.1 Å². The number of halogens is 2. The summed E-state index contributed by atoms with van der Waals surface area (Å²) in [5.74, 6) is 0.508. The molecule has 0 spiro atoms. The molecule has 2 aromatic carbocycles. The third kappa shape index (κ3) is 5.67. The molecule has 0 unspecified atom stereocenters. The van der Waals surface area contributed by atoms with Gasteiger partial charge in [0.05, 0.1) is 11.6 Å². The third-order valence-corrected chi connectivity index (χ3v) is 5.53. The van der Waals surface area contributed by atoms with Crippen molar-refractivity contribution in [1.29, 1.82) is 0 Å². The minimum absolute atomic E-state index is 0.180. The summed E-state index contributed by atoms with van der Waals surface area (Å²) in [4.78, 5) is 14.7. The van der Waals surface area contributed by atoms with Crippen LogP contribution in [-0.4, -0.2) is 31.0 Å². The van der Waals surface area contributed by atoms with Crippen LogP contribution in [0.4, 0.5) is 5.69 Å². The molecule has 0 bridgehead atoms. The molecular weight excluding hydrogens is 472 g/mol. The Morgan fingerprint density at radius 2 is 1.89 bits per heavy atom. The highest BCUT2D eigenvalue weighted by atomic mass is 79.9. The fraction of sp³-hybridized carbons (Fsp3) is 0.286. The van der Waals surface area contributed by atoms with Crippen LogP contribution in [0.25, 0.3) is 6.08 Å². The summed E-state index contributed by atoms with van der Waals surface area (Å²) in [6, 6.07) is 11.9. The lowest BCUT2D eigenvalue weighted by Crippen LogP contribution is -2.18. The number of nitrogens with zero attached hydrogens (tertiary/aromatic N) is 1. The van der Waals surface area contributed by atoms with Crippen LogP contribution < -0.4 is 10.1 Å². The predicted octanol–water partition coefficient (Wildman–Crippen LogP) is 5.47. The number of methoxy groups -OCH3 is 1.